The molecule has 0 aromatic carbocycles. The van der Waals surface area contributed by atoms with Crippen molar-refractivity contribution >= 4 is 23.2 Å². The molecule has 0 unspecified atom stereocenters. The van der Waals surface area contributed by atoms with Gasteiger partial charge >= 0.3 is 0 Å². The highest BCUT2D eigenvalue weighted by molar-refractivity contribution is 6.40. The van der Waals surface area contributed by atoms with Gasteiger partial charge in [-0.15, -0.1) is 23.2 Å². The van der Waals surface area contributed by atoms with Crippen molar-refractivity contribution in [3.05, 3.63) is 0 Å². The topological polar surface area (TPSA) is 0 Å². The van der Waals surface area contributed by atoms with Crippen molar-refractivity contribution in [3.8, 4) is 0 Å². The average Bonchev–Trinajstić information content (AvgIpc) is 1.69. The molecule has 0 amide bonds. The monoisotopic (exact) mass is 142 g/mol. The third kappa shape index (κ3) is 55.3. The second kappa shape index (κ2) is 16.0. The number of halogens is 2. The molecule has 0 aliphatic carbocycles. The van der Waals surface area contributed by atoms with Crippen LogP contribution in [0.2, 0.25) is 0 Å². The Balaban J connectivity index is 0. The van der Waals surface area contributed by atoms with Gasteiger partial charge in [0.1, 0.15) is 0 Å². The van der Waals surface area contributed by atoms with E-state index >= 15 is 0 Å². The molecule has 7 heavy (non-hydrogen) atoms. The van der Waals surface area contributed by atoms with Crippen molar-refractivity contribution in [1.82, 2.24) is 0 Å². The van der Waals surface area contributed by atoms with E-state index in [4.69, 9.17) is 23.2 Å². The van der Waals surface area contributed by atoms with Crippen LogP contribution in [0.15, 0.2) is 0 Å². The van der Waals surface area contributed by atoms with Crippen LogP contribution in [0.3, 0.4) is 0 Å². The lowest BCUT2D eigenvalue weighted by Crippen LogP contribution is -1.47. The van der Waals surface area contributed by atoms with Crippen molar-refractivity contribution in [2.45, 2.75) is 26.7 Å². The van der Waals surface area contributed by atoms with E-state index in [0.717, 1.165) is 0 Å². The second-order valence-electron chi connectivity index (χ2n) is 1.10. The first kappa shape index (κ1) is 10.5. The summed E-state index contributed by atoms with van der Waals surface area (Å²) in [6.45, 7) is 4.36. The Labute approximate surface area is 55.8 Å². The fourth-order valence-corrected chi connectivity index (χ4v) is 0. The van der Waals surface area contributed by atoms with Gasteiger partial charge in [0.2, 0.25) is 0 Å². The van der Waals surface area contributed by atoms with Gasteiger partial charge < -0.3 is 0 Å². The Morgan fingerprint density at radius 3 is 1.14 bits per heavy atom. The number of hydrogen-bond donors (Lipinski definition) is 0. The van der Waals surface area contributed by atoms with Crippen LogP contribution in [0.25, 0.3) is 0 Å². The van der Waals surface area contributed by atoms with Crippen LogP contribution >= 0.6 is 23.2 Å². The first-order valence-electron chi connectivity index (χ1n) is 2.45. The molecule has 0 heterocycles. The Morgan fingerprint density at radius 1 is 1.00 bits per heavy atom. The van der Waals surface area contributed by atoms with Gasteiger partial charge in [-0.25, -0.2) is 0 Å². The maximum atomic E-state index is 4.76. The van der Waals surface area contributed by atoms with Crippen LogP contribution in [-0.4, -0.2) is 5.34 Å². The molecular weight excluding hydrogens is 131 g/mol. The van der Waals surface area contributed by atoms with E-state index in [1.54, 1.807) is 0 Å². The Hall–Kier alpha value is 0.580. The first-order chi connectivity index (χ1) is 3.33. The molecule has 0 atom stereocenters. The maximum Gasteiger partial charge on any atom is 0.0967 e. The maximum absolute atomic E-state index is 4.76. The fraction of sp³-hybridized carbons (Fsp3) is 1.00. The van der Waals surface area contributed by atoms with Crippen LogP contribution in [0.1, 0.15) is 26.7 Å². The molecule has 0 saturated carbocycles. The Bertz CT molecular complexity index is 13.6. The number of unbranched alkanes of at least 4 members (excludes halogenated alkanes) is 1. The summed E-state index contributed by atoms with van der Waals surface area (Å²) in [6.07, 6.45) is 2.64. The predicted molar refractivity (Wildman–Crippen MR) is 37.2 cm³/mol. The molecule has 0 fully saturated rings. The molecule has 0 spiro atoms. The van der Waals surface area contributed by atoms with Crippen LogP contribution in [0.5, 0.6) is 0 Å². The largest absolute Gasteiger partial charge is 0.109 e. The second-order valence-corrected chi connectivity index (χ2v) is 1.91. The molecule has 0 N–H and O–H groups in total. The smallest absolute Gasteiger partial charge is 0.0967 e. The van der Waals surface area contributed by atoms with Crippen LogP contribution in [0.4, 0.5) is 0 Å². The number of rotatable bonds is 1. The Morgan fingerprint density at radius 2 is 1.14 bits per heavy atom. The summed E-state index contributed by atoms with van der Waals surface area (Å²) in [7, 11) is 0. The quantitative estimate of drug-likeness (QED) is 0.494. The summed E-state index contributed by atoms with van der Waals surface area (Å²) >= 11 is 9.53. The zero-order chi connectivity index (χ0) is 6.12. The minimum atomic E-state index is 0.194. The van der Waals surface area contributed by atoms with Crippen molar-refractivity contribution in [1.29, 1.82) is 0 Å². The van der Waals surface area contributed by atoms with E-state index < -0.39 is 0 Å². The minimum Gasteiger partial charge on any atom is -0.109 e. The molecule has 0 aromatic heterocycles. The standard InChI is InChI=1S/C4H10.CH2Cl2/c1-3-4-2;2-1-3/h3-4H2,1-2H3;1H2. The lowest BCUT2D eigenvalue weighted by molar-refractivity contribution is 0.886. The summed E-state index contributed by atoms with van der Waals surface area (Å²) in [5.74, 6) is 0. The first-order valence-corrected chi connectivity index (χ1v) is 3.52. The van der Waals surface area contributed by atoms with Gasteiger partial charge in [-0.1, -0.05) is 26.7 Å². The van der Waals surface area contributed by atoms with E-state index in [-0.39, 0.29) is 5.34 Å². The molecular formula is C5H12Cl2. The van der Waals surface area contributed by atoms with Crippen molar-refractivity contribution in [2.24, 2.45) is 0 Å². The lowest BCUT2D eigenvalue weighted by atomic mass is 10.4. The van der Waals surface area contributed by atoms with E-state index in [9.17, 15) is 0 Å². The third-order valence-electron chi connectivity index (χ3n) is 0.500. The van der Waals surface area contributed by atoms with Gasteiger partial charge in [-0.2, -0.15) is 0 Å². The zero-order valence-electron chi connectivity index (χ0n) is 4.88. The molecule has 0 rings (SSSR count). The van der Waals surface area contributed by atoms with Crippen molar-refractivity contribution < 1.29 is 0 Å². The molecule has 0 aliphatic heterocycles. The zero-order valence-corrected chi connectivity index (χ0v) is 6.39. The van der Waals surface area contributed by atoms with Gasteiger partial charge in [0.15, 0.2) is 0 Å². The predicted octanol–water partition coefficient (Wildman–Crippen LogP) is 3.23. The molecule has 46 valence electrons. The van der Waals surface area contributed by atoms with Crippen LogP contribution in [-0.2, 0) is 0 Å². The number of hydrogen-bond acceptors (Lipinski definition) is 0. The van der Waals surface area contributed by atoms with Gasteiger partial charge in [-0.05, 0) is 0 Å². The molecule has 0 bridgehead atoms. The van der Waals surface area contributed by atoms with Crippen LogP contribution in [0, 0.1) is 0 Å². The van der Waals surface area contributed by atoms with Crippen molar-refractivity contribution in [3.63, 3.8) is 0 Å². The van der Waals surface area contributed by atoms with E-state index in [1.165, 1.54) is 12.8 Å². The number of alkyl halides is 2. The summed E-state index contributed by atoms with van der Waals surface area (Å²) in [5.41, 5.74) is 0. The van der Waals surface area contributed by atoms with Gasteiger partial charge in [0.25, 0.3) is 0 Å². The summed E-state index contributed by atoms with van der Waals surface area (Å²) in [6, 6.07) is 0. The fourth-order valence-electron chi connectivity index (χ4n) is 0. The summed E-state index contributed by atoms with van der Waals surface area (Å²) in [5, 5.41) is 0.194. The minimum absolute atomic E-state index is 0.194. The molecule has 2 heteroatoms. The Kier molecular flexibility index (Phi) is 24.1. The third-order valence-corrected chi connectivity index (χ3v) is 0.500. The lowest BCUT2D eigenvalue weighted by Gasteiger charge is -1.68. The van der Waals surface area contributed by atoms with Crippen LogP contribution < -0.4 is 0 Å². The molecule has 0 saturated heterocycles. The summed E-state index contributed by atoms with van der Waals surface area (Å²) in [4.78, 5) is 0. The van der Waals surface area contributed by atoms with E-state index in [0.29, 0.717) is 0 Å². The molecule has 0 aromatic rings. The van der Waals surface area contributed by atoms with Gasteiger partial charge in [0, 0.05) is 0 Å². The molecule has 0 radical (unpaired) electrons. The van der Waals surface area contributed by atoms with E-state index in [2.05, 4.69) is 13.8 Å². The van der Waals surface area contributed by atoms with Crippen molar-refractivity contribution in [2.75, 3.05) is 5.34 Å². The highest BCUT2D eigenvalue weighted by Crippen LogP contribution is 1.76. The summed E-state index contributed by atoms with van der Waals surface area (Å²) < 4.78 is 0. The van der Waals surface area contributed by atoms with Gasteiger partial charge in [0.05, 0.1) is 5.34 Å². The molecule has 0 aliphatic rings. The SMILES string of the molecule is CCCC.ClCCl. The van der Waals surface area contributed by atoms with Gasteiger partial charge in [-0.3, -0.25) is 0 Å². The highest BCUT2D eigenvalue weighted by atomic mass is 35.5. The van der Waals surface area contributed by atoms with E-state index in [1.807, 2.05) is 0 Å². The highest BCUT2D eigenvalue weighted by Gasteiger charge is 1.56. The normalized spacial score (nSPS) is 6.86. The average molecular weight is 143 g/mol. The molecule has 0 nitrogen and oxygen atoms in total.